The van der Waals surface area contributed by atoms with Crippen molar-refractivity contribution in [3.63, 3.8) is 0 Å². The third-order valence-corrected chi connectivity index (χ3v) is 1.97. The second-order valence-electron chi connectivity index (χ2n) is 3.19. The van der Waals surface area contributed by atoms with Crippen molar-refractivity contribution in [1.82, 2.24) is 0 Å². The first-order valence-electron chi connectivity index (χ1n) is 4.31. The van der Waals surface area contributed by atoms with Crippen LogP contribution in [0.1, 0.15) is 11.1 Å². The van der Waals surface area contributed by atoms with Crippen molar-refractivity contribution in [2.75, 3.05) is 0 Å². The number of hydrogen-bond donors (Lipinski definition) is 1. The van der Waals surface area contributed by atoms with E-state index in [1.807, 2.05) is 0 Å². The number of aliphatic carboxylic acids is 1. The van der Waals surface area contributed by atoms with E-state index in [4.69, 9.17) is 5.11 Å². The Labute approximate surface area is 88.5 Å². The molecule has 0 amide bonds. The highest BCUT2D eigenvalue weighted by molar-refractivity contribution is 5.70. The lowest BCUT2D eigenvalue weighted by Gasteiger charge is -2.15. The molecule has 0 unspecified atom stereocenters. The van der Waals surface area contributed by atoms with E-state index in [0.717, 1.165) is 24.3 Å². The Morgan fingerprint density at radius 3 is 2.12 bits per heavy atom. The number of benzene rings is 1. The van der Waals surface area contributed by atoms with E-state index in [9.17, 15) is 22.4 Å². The average molecular weight is 236 g/mol. The third-order valence-electron chi connectivity index (χ3n) is 1.97. The number of rotatable bonds is 4. The Hall–Kier alpha value is -1.59. The van der Waals surface area contributed by atoms with Gasteiger partial charge in [0.2, 0.25) is 0 Å². The lowest BCUT2D eigenvalue weighted by Crippen LogP contribution is -2.23. The summed E-state index contributed by atoms with van der Waals surface area (Å²) in [5, 5.41) is 8.42. The van der Waals surface area contributed by atoms with Gasteiger partial charge in [-0.1, -0.05) is 24.3 Å². The minimum absolute atomic E-state index is 0.279. The van der Waals surface area contributed by atoms with Crippen LogP contribution in [0.25, 0.3) is 0 Å². The highest BCUT2D eigenvalue weighted by Gasteiger charge is 2.42. The molecular weight excluding hydrogens is 228 g/mol. The summed E-state index contributed by atoms with van der Waals surface area (Å²) in [6.07, 6.45) is -4.11. The lowest BCUT2D eigenvalue weighted by molar-refractivity contribution is -0.136. The van der Waals surface area contributed by atoms with Crippen molar-refractivity contribution < 1.29 is 27.5 Å². The van der Waals surface area contributed by atoms with Crippen molar-refractivity contribution in [1.29, 1.82) is 0 Å². The molecule has 1 aromatic rings. The van der Waals surface area contributed by atoms with Crippen LogP contribution in [0.4, 0.5) is 17.6 Å². The predicted octanol–water partition coefficient (Wildman–Crippen LogP) is 2.67. The molecule has 0 spiro atoms. The van der Waals surface area contributed by atoms with Gasteiger partial charge < -0.3 is 5.11 Å². The first-order valence-corrected chi connectivity index (χ1v) is 4.31. The molecule has 0 heterocycles. The standard InChI is InChI=1S/C10H8F4O2/c11-9(12)10(13,14)7-3-1-6(2-4-7)5-8(15)16/h1-4,9H,5H2,(H,15,16). The summed E-state index contributed by atoms with van der Waals surface area (Å²) in [5.41, 5.74) is -0.544. The molecule has 0 saturated carbocycles. The Balaban J connectivity index is 2.90. The van der Waals surface area contributed by atoms with Gasteiger partial charge in [0.05, 0.1) is 6.42 Å². The smallest absolute Gasteiger partial charge is 0.332 e. The van der Waals surface area contributed by atoms with Gasteiger partial charge in [-0.2, -0.15) is 8.78 Å². The minimum atomic E-state index is -4.21. The van der Waals surface area contributed by atoms with Crippen LogP contribution in [-0.4, -0.2) is 17.5 Å². The first kappa shape index (κ1) is 12.5. The molecule has 0 aliphatic carbocycles. The molecular formula is C10H8F4O2. The summed E-state index contributed by atoms with van der Waals surface area (Å²) >= 11 is 0. The number of carbonyl (C=O) groups is 1. The zero-order valence-corrected chi connectivity index (χ0v) is 7.96. The number of alkyl halides is 4. The molecule has 0 aromatic heterocycles. The number of carboxylic acids is 1. The van der Waals surface area contributed by atoms with Crippen molar-refractivity contribution in [3.05, 3.63) is 35.4 Å². The number of carboxylic acid groups (broad SMARTS) is 1. The molecule has 0 fully saturated rings. The molecule has 2 nitrogen and oxygen atoms in total. The van der Waals surface area contributed by atoms with Crippen LogP contribution < -0.4 is 0 Å². The third kappa shape index (κ3) is 2.71. The van der Waals surface area contributed by atoms with Crippen molar-refractivity contribution in [2.45, 2.75) is 18.8 Å². The van der Waals surface area contributed by atoms with Gasteiger partial charge in [-0.25, -0.2) is 8.78 Å². The van der Waals surface area contributed by atoms with Gasteiger partial charge in [0, 0.05) is 5.56 Å². The largest absolute Gasteiger partial charge is 0.481 e. The Morgan fingerprint density at radius 2 is 1.75 bits per heavy atom. The SMILES string of the molecule is O=C(O)Cc1ccc(C(F)(F)C(F)F)cc1. The first-order chi connectivity index (χ1) is 7.34. The van der Waals surface area contributed by atoms with E-state index in [1.54, 1.807) is 0 Å². The molecule has 1 rings (SSSR count). The molecule has 1 N–H and O–H groups in total. The Bertz CT molecular complexity index is 373. The van der Waals surface area contributed by atoms with E-state index in [2.05, 4.69) is 0 Å². The number of halogens is 4. The molecule has 0 aliphatic heterocycles. The van der Waals surface area contributed by atoms with E-state index in [1.165, 1.54) is 0 Å². The Morgan fingerprint density at radius 1 is 1.25 bits per heavy atom. The van der Waals surface area contributed by atoms with Gasteiger partial charge in [-0.05, 0) is 5.56 Å². The average Bonchev–Trinajstić information content (AvgIpc) is 2.17. The van der Waals surface area contributed by atoms with Crippen molar-refractivity contribution in [3.8, 4) is 0 Å². The van der Waals surface area contributed by atoms with Gasteiger partial charge in [0.15, 0.2) is 0 Å². The highest BCUT2D eigenvalue weighted by atomic mass is 19.3. The molecule has 1 aromatic carbocycles. The summed E-state index contributed by atoms with van der Waals surface area (Å²) in [6, 6.07) is 3.81. The maximum atomic E-state index is 12.8. The maximum Gasteiger partial charge on any atom is 0.332 e. The van der Waals surface area contributed by atoms with Crippen LogP contribution in [0.3, 0.4) is 0 Å². The van der Waals surface area contributed by atoms with Gasteiger partial charge in [-0.15, -0.1) is 0 Å². The summed E-state index contributed by atoms with van der Waals surface area (Å²) in [7, 11) is 0. The highest BCUT2D eigenvalue weighted by Crippen LogP contribution is 2.34. The van der Waals surface area contributed by atoms with Crippen LogP contribution >= 0.6 is 0 Å². The van der Waals surface area contributed by atoms with E-state index >= 15 is 0 Å². The van der Waals surface area contributed by atoms with Gasteiger partial charge in [-0.3, -0.25) is 4.79 Å². The van der Waals surface area contributed by atoms with Crippen molar-refractivity contribution >= 4 is 5.97 Å². The van der Waals surface area contributed by atoms with Crippen LogP contribution in [-0.2, 0) is 17.1 Å². The predicted molar refractivity (Wildman–Crippen MR) is 47.7 cm³/mol. The molecule has 0 saturated heterocycles. The summed E-state index contributed by atoms with van der Waals surface area (Å²) in [5.74, 6) is -5.32. The van der Waals surface area contributed by atoms with E-state index in [-0.39, 0.29) is 12.0 Å². The molecule has 0 radical (unpaired) electrons. The summed E-state index contributed by atoms with van der Waals surface area (Å²) in [6.45, 7) is 0. The monoisotopic (exact) mass is 236 g/mol. The second-order valence-corrected chi connectivity index (χ2v) is 3.19. The van der Waals surface area contributed by atoms with Crippen LogP contribution in [0, 0.1) is 0 Å². The molecule has 0 atom stereocenters. The van der Waals surface area contributed by atoms with Crippen LogP contribution in [0.2, 0.25) is 0 Å². The fourth-order valence-electron chi connectivity index (χ4n) is 1.15. The van der Waals surface area contributed by atoms with Gasteiger partial charge in [0.1, 0.15) is 0 Å². The topological polar surface area (TPSA) is 37.3 Å². The molecule has 6 heteroatoms. The molecule has 16 heavy (non-hydrogen) atoms. The second kappa shape index (κ2) is 4.51. The van der Waals surface area contributed by atoms with Crippen LogP contribution in [0.5, 0.6) is 0 Å². The van der Waals surface area contributed by atoms with Crippen LogP contribution in [0.15, 0.2) is 24.3 Å². The maximum absolute atomic E-state index is 12.8. The summed E-state index contributed by atoms with van der Waals surface area (Å²) in [4.78, 5) is 10.3. The fourth-order valence-corrected chi connectivity index (χ4v) is 1.15. The van der Waals surface area contributed by atoms with Gasteiger partial charge >= 0.3 is 18.3 Å². The Kier molecular flexibility index (Phi) is 3.51. The van der Waals surface area contributed by atoms with Gasteiger partial charge in [0.25, 0.3) is 0 Å². The van der Waals surface area contributed by atoms with Crippen molar-refractivity contribution in [2.24, 2.45) is 0 Å². The minimum Gasteiger partial charge on any atom is -0.481 e. The zero-order chi connectivity index (χ0) is 12.3. The zero-order valence-electron chi connectivity index (χ0n) is 7.96. The normalized spacial score (nSPS) is 11.8. The quantitative estimate of drug-likeness (QED) is 0.816. The molecule has 0 bridgehead atoms. The fraction of sp³-hybridized carbons (Fsp3) is 0.300. The van der Waals surface area contributed by atoms with E-state index in [0.29, 0.717) is 0 Å². The molecule has 88 valence electrons. The molecule has 0 aliphatic rings. The number of hydrogen-bond acceptors (Lipinski definition) is 1. The lowest BCUT2D eigenvalue weighted by atomic mass is 10.0. The van der Waals surface area contributed by atoms with E-state index < -0.39 is 23.9 Å². The summed E-state index contributed by atoms with van der Waals surface area (Å²) < 4.78 is 49.5.